The van der Waals surface area contributed by atoms with E-state index in [2.05, 4.69) is 30.8 Å². The molecule has 2 rings (SSSR count). The molecule has 1 saturated heterocycles. The first-order valence-corrected chi connectivity index (χ1v) is 5.81. The first kappa shape index (κ1) is 10.8. The largest absolute Gasteiger partial charge is 0.391 e. The highest BCUT2D eigenvalue weighted by Crippen LogP contribution is 2.28. The van der Waals surface area contributed by atoms with Crippen LogP contribution in [0.25, 0.3) is 0 Å². The van der Waals surface area contributed by atoms with Crippen LogP contribution < -0.4 is 4.90 Å². The molecule has 1 aromatic rings. The molecule has 1 aliphatic heterocycles. The van der Waals surface area contributed by atoms with Gasteiger partial charge in [-0.2, -0.15) is 0 Å². The van der Waals surface area contributed by atoms with Gasteiger partial charge in [-0.05, 0) is 36.2 Å². The van der Waals surface area contributed by atoms with Crippen molar-refractivity contribution in [1.82, 2.24) is 9.97 Å². The fraction of sp³-hybridized carbons (Fsp3) is 0.600. The third kappa shape index (κ3) is 2.13. The summed E-state index contributed by atoms with van der Waals surface area (Å²) >= 11 is 3.50. The summed E-state index contributed by atoms with van der Waals surface area (Å²) in [5.74, 6) is 1.67. The molecule has 5 heteroatoms. The van der Waals surface area contributed by atoms with Gasteiger partial charge in [-0.3, -0.25) is 0 Å². The quantitative estimate of drug-likeness (QED) is 0.840. The van der Waals surface area contributed by atoms with Gasteiger partial charge >= 0.3 is 0 Å². The number of anilines is 1. The zero-order valence-corrected chi connectivity index (χ0v) is 10.5. The number of aliphatic hydroxyl groups is 1. The van der Waals surface area contributed by atoms with E-state index < -0.39 is 0 Å². The van der Waals surface area contributed by atoms with Crippen molar-refractivity contribution in [2.75, 3.05) is 18.0 Å². The van der Waals surface area contributed by atoms with E-state index in [0.29, 0.717) is 6.54 Å². The Hall–Kier alpha value is -0.680. The van der Waals surface area contributed by atoms with Crippen LogP contribution in [0.1, 0.15) is 17.9 Å². The molecule has 1 atom stereocenters. The molecule has 1 N–H and O–H groups in total. The van der Waals surface area contributed by atoms with Gasteiger partial charge in [-0.25, -0.2) is 9.97 Å². The van der Waals surface area contributed by atoms with Crippen molar-refractivity contribution in [2.24, 2.45) is 0 Å². The normalized spacial score (nSPS) is 21.1. The van der Waals surface area contributed by atoms with Crippen molar-refractivity contribution in [3.63, 3.8) is 0 Å². The van der Waals surface area contributed by atoms with E-state index in [9.17, 15) is 5.11 Å². The van der Waals surface area contributed by atoms with Crippen LogP contribution in [0.5, 0.6) is 0 Å². The lowest BCUT2D eigenvalue weighted by molar-refractivity contribution is 0.198. The maximum absolute atomic E-state index is 9.49. The van der Waals surface area contributed by atoms with Crippen LogP contribution in [0.4, 0.5) is 5.82 Å². The number of aromatic nitrogens is 2. The molecule has 0 saturated carbocycles. The lowest BCUT2D eigenvalue weighted by Gasteiger charge is -2.19. The molecule has 0 spiro atoms. The zero-order valence-electron chi connectivity index (χ0n) is 8.87. The van der Waals surface area contributed by atoms with Crippen molar-refractivity contribution in [3.05, 3.63) is 16.0 Å². The number of β-amino-alcohol motifs (C(OH)–C–C–N with tert-alkyl or cyclic N) is 1. The van der Waals surface area contributed by atoms with E-state index in [0.717, 1.165) is 34.8 Å². The Kier molecular flexibility index (Phi) is 2.93. The Balaban J connectivity index is 2.35. The highest BCUT2D eigenvalue weighted by molar-refractivity contribution is 9.10. The number of aryl methyl sites for hydroxylation is 2. The molecule has 1 unspecified atom stereocenters. The number of hydrogen-bond acceptors (Lipinski definition) is 4. The summed E-state index contributed by atoms with van der Waals surface area (Å²) in [5, 5.41) is 9.49. The molecular weight excluding hydrogens is 258 g/mol. The zero-order chi connectivity index (χ0) is 11.0. The molecular formula is C10H14BrN3O. The van der Waals surface area contributed by atoms with Gasteiger partial charge in [-0.1, -0.05) is 0 Å². The SMILES string of the molecule is Cc1nc(C)c(Br)c(N2CCC(O)C2)n1. The summed E-state index contributed by atoms with van der Waals surface area (Å²) < 4.78 is 0.933. The minimum atomic E-state index is -0.229. The second-order valence-corrected chi connectivity index (χ2v) is 4.68. The van der Waals surface area contributed by atoms with Crippen LogP contribution in [-0.4, -0.2) is 34.3 Å². The summed E-state index contributed by atoms with van der Waals surface area (Å²) in [7, 11) is 0. The van der Waals surface area contributed by atoms with E-state index in [1.54, 1.807) is 0 Å². The first-order valence-electron chi connectivity index (χ1n) is 5.01. The highest BCUT2D eigenvalue weighted by atomic mass is 79.9. The maximum atomic E-state index is 9.49. The monoisotopic (exact) mass is 271 g/mol. The predicted octanol–water partition coefficient (Wildman–Crippen LogP) is 1.43. The third-order valence-electron chi connectivity index (χ3n) is 2.57. The Bertz CT molecular complexity index is 383. The Morgan fingerprint density at radius 3 is 2.73 bits per heavy atom. The van der Waals surface area contributed by atoms with E-state index in [-0.39, 0.29) is 6.10 Å². The lowest BCUT2D eigenvalue weighted by Crippen LogP contribution is -2.23. The molecule has 15 heavy (non-hydrogen) atoms. The van der Waals surface area contributed by atoms with Crippen molar-refractivity contribution < 1.29 is 5.11 Å². The Labute approximate surface area is 97.5 Å². The third-order valence-corrected chi connectivity index (χ3v) is 3.50. The average Bonchev–Trinajstić information content (AvgIpc) is 2.58. The number of rotatable bonds is 1. The lowest BCUT2D eigenvalue weighted by atomic mass is 10.3. The number of nitrogens with zero attached hydrogens (tertiary/aromatic N) is 3. The van der Waals surface area contributed by atoms with Gasteiger partial charge in [0.15, 0.2) is 0 Å². The molecule has 4 nitrogen and oxygen atoms in total. The summed E-state index contributed by atoms with van der Waals surface area (Å²) in [6, 6.07) is 0. The highest BCUT2D eigenvalue weighted by Gasteiger charge is 2.24. The predicted molar refractivity (Wildman–Crippen MR) is 62.0 cm³/mol. The van der Waals surface area contributed by atoms with Gasteiger partial charge in [0, 0.05) is 13.1 Å². The molecule has 0 aromatic carbocycles. The summed E-state index contributed by atoms with van der Waals surface area (Å²) in [6.07, 6.45) is 0.585. The standard InChI is InChI=1S/C10H14BrN3O/c1-6-9(11)10(13-7(2)12-6)14-4-3-8(15)5-14/h8,15H,3-5H2,1-2H3. The number of aliphatic hydroxyl groups excluding tert-OH is 1. The van der Waals surface area contributed by atoms with Gasteiger partial charge in [-0.15, -0.1) is 0 Å². The summed E-state index contributed by atoms with van der Waals surface area (Å²) in [4.78, 5) is 10.8. The molecule has 1 fully saturated rings. The molecule has 0 bridgehead atoms. The minimum Gasteiger partial charge on any atom is -0.391 e. The second-order valence-electron chi connectivity index (χ2n) is 3.88. The molecule has 1 aromatic heterocycles. The number of halogens is 1. The van der Waals surface area contributed by atoms with Gasteiger partial charge in [0.2, 0.25) is 0 Å². The number of hydrogen-bond donors (Lipinski definition) is 1. The molecule has 0 amide bonds. The Morgan fingerprint density at radius 1 is 1.40 bits per heavy atom. The first-order chi connectivity index (χ1) is 7.08. The van der Waals surface area contributed by atoms with E-state index >= 15 is 0 Å². The van der Waals surface area contributed by atoms with Gasteiger partial charge in [0.1, 0.15) is 11.6 Å². The van der Waals surface area contributed by atoms with Crippen molar-refractivity contribution >= 4 is 21.7 Å². The maximum Gasteiger partial charge on any atom is 0.147 e. The van der Waals surface area contributed by atoms with Crippen LogP contribution in [0.15, 0.2) is 4.47 Å². The molecule has 0 radical (unpaired) electrons. The van der Waals surface area contributed by atoms with Crippen LogP contribution in [-0.2, 0) is 0 Å². The van der Waals surface area contributed by atoms with E-state index in [4.69, 9.17) is 0 Å². The fourth-order valence-corrected chi connectivity index (χ4v) is 2.25. The van der Waals surface area contributed by atoms with Crippen molar-refractivity contribution in [3.8, 4) is 0 Å². The van der Waals surface area contributed by atoms with Crippen molar-refractivity contribution in [1.29, 1.82) is 0 Å². The average molecular weight is 272 g/mol. The smallest absolute Gasteiger partial charge is 0.147 e. The van der Waals surface area contributed by atoms with Gasteiger partial charge in [0.25, 0.3) is 0 Å². The van der Waals surface area contributed by atoms with Crippen LogP contribution in [0.3, 0.4) is 0 Å². The molecule has 2 heterocycles. The minimum absolute atomic E-state index is 0.229. The molecule has 82 valence electrons. The van der Waals surface area contributed by atoms with Crippen LogP contribution in [0, 0.1) is 13.8 Å². The summed E-state index contributed by atoms with van der Waals surface area (Å²) in [5.41, 5.74) is 0.943. The Morgan fingerprint density at radius 2 is 2.13 bits per heavy atom. The van der Waals surface area contributed by atoms with E-state index in [1.807, 2.05) is 13.8 Å². The van der Waals surface area contributed by atoms with Crippen LogP contribution in [0.2, 0.25) is 0 Å². The van der Waals surface area contributed by atoms with Gasteiger partial charge < -0.3 is 10.0 Å². The van der Waals surface area contributed by atoms with Gasteiger partial charge in [0.05, 0.1) is 16.3 Å². The second kappa shape index (κ2) is 4.06. The fourth-order valence-electron chi connectivity index (χ4n) is 1.82. The molecule has 0 aliphatic carbocycles. The van der Waals surface area contributed by atoms with Crippen molar-refractivity contribution in [2.45, 2.75) is 26.4 Å². The molecule has 1 aliphatic rings. The topological polar surface area (TPSA) is 49.2 Å². The summed E-state index contributed by atoms with van der Waals surface area (Å²) in [6.45, 7) is 5.36. The van der Waals surface area contributed by atoms with Crippen LogP contribution >= 0.6 is 15.9 Å². The van der Waals surface area contributed by atoms with E-state index in [1.165, 1.54) is 0 Å².